The van der Waals surface area contributed by atoms with Gasteiger partial charge in [-0.1, -0.05) is 24.3 Å². The molecular formula is C14H8F3NOS. The van der Waals surface area contributed by atoms with E-state index in [9.17, 15) is 18.0 Å². The molecule has 0 atom stereocenters. The molecule has 2 aromatic heterocycles. The SMILES string of the molecule is O=c1c2ccccc2ccn2c(SC(F)(F)F)ccc12. The molecule has 0 unspecified atom stereocenters. The molecule has 0 N–H and O–H groups in total. The van der Waals surface area contributed by atoms with E-state index in [0.29, 0.717) is 10.8 Å². The minimum atomic E-state index is -4.38. The summed E-state index contributed by atoms with van der Waals surface area (Å²) >= 11 is -0.228. The Morgan fingerprint density at radius 2 is 1.75 bits per heavy atom. The van der Waals surface area contributed by atoms with Crippen molar-refractivity contribution in [2.45, 2.75) is 10.5 Å². The Morgan fingerprint density at radius 1 is 1.00 bits per heavy atom. The standard InChI is InChI=1S/C14H8F3NOS/c15-14(16,17)20-12-6-5-11-13(19)10-4-2-1-3-9(10)7-8-18(11)12/h1-8H. The first-order valence-electron chi connectivity index (χ1n) is 5.74. The molecule has 0 saturated carbocycles. The number of benzene rings is 1. The fourth-order valence-corrected chi connectivity index (χ4v) is 2.74. The van der Waals surface area contributed by atoms with Gasteiger partial charge in [0.15, 0.2) is 0 Å². The summed E-state index contributed by atoms with van der Waals surface area (Å²) in [7, 11) is 0. The Bertz CT molecular complexity index is 854. The van der Waals surface area contributed by atoms with E-state index in [1.165, 1.54) is 22.7 Å². The first-order valence-corrected chi connectivity index (χ1v) is 6.56. The Hall–Kier alpha value is -1.95. The van der Waals surface area contributed by atoms with Crippen molar-refractivity contribution in [2.24, 2.45) is 0 Å². The largest absolute Gasteiger partial charge is 0.447 e. The van der Waals surface area contributed by atoms with Crippen LogP contribution in [0.1, 0.15) is 0 Å². The quantitative estimate of drug-likeness (QED) is 0.631. The zero-order chi connectivity index (χ0) is 14.3. The second kappa shape index (κ2) is 4.56. The maximum atomic E-state index is 12.5. The molecular weight excluding hydrogens is 287 g/mol. The van der Waals surface area contributed by atoms with Crippen LogP contribution in [0.5, 0.6) is 0 Å². The molecule has 6 heteroatoms. The second-order valence-corrected chi connectivity index (χ2v) is 5.29. The smallest absolute Gasteiger partial charge is 0.308 e. The summed E-state index contributed by atoms with van der Waals surface area (Å²) in [5, 5.41) is 1.17. The molecule has 0 saturated heterocycles. The minimum Gasteiger partial charge on any atom is -0.308 e. The van der Waals surface area contributed by atoms with Gasteiger partial charge < -0.3 is 4.40 Å². The Balaban J connectivity index is 2.35. The van der Waals surface area contributed by atoms with E-state index >= 15 is 0 Å². The first-order chi connectivity index (χ1) is 9.46. The van der Waals surface area contributed by atoms with Crippen LogP contribution in [-0.2, 0) is 0 Å². The minimum absolute atomic E-state index is 0.0232. The summed E-state index contributed by atoms with van der Waals surface area (Å²) in [6, 6.07) is 11.3. The van der Waals surface area contributed by atoms with Crippen molar-refractivity contribution in [1.29, 1.82) is 0 Å². The van der Waals surface area contributed by atoms with Gasteiger partial charge in [-0.3, -0.25) is 4.79 Å². The zero-order valence-electron chi connectivity index (χ0n) is 10.0. The van der Waals surface area contributed by atoms with E-state index in [4.69, 9.17) is 0 Å². The van der Waals surface area contributed by atoms with Gasteiger partial charge in [-0.05, 0) is 23.6 Å². The summed E-state index contributed by atoms with van der Waals surface area (Å²) in [5.74, 6) is 0. The molecule has 0 spiro atoms. The van der Waals surface area contributed by atoms with Crippen LogP contribution in [0.2, 0.25) is 0 Å². The van der Waals surface area contributed by atoms with E-state index in [-0.39, 0.29) is 27.7 Å². The van der Waals surface area contributed by atoms with Gasteiger partial charge in [0.25, 0.3) is 0 Å². The molecule has 1 aromatic carbocycles. The lowest BCUT2D eigenvalue weighted by atomic mass is 10.2. The first kappa shape index (κ1) is 13.1. The summed E-state index contributed by atoms with van der Waals surface area (Å²) in [6.45, 7) is 0. The van der Waals surface area contributed by atoms with Crippen molar-refractivity contribution in [3.05, 3.63) is 58.9 Å². The highest BCUT2D eigenvalue weighted by Gasteiger charge is 2.30. The number of halogens is 3. The van der Waals surface area contributed by atoms with Crippen LogP contribution in [0.4, 0.5) is 13.2 Å². The third-order valence-corrected chi connectivity index (χ3v) is 3.72. The zero-order valence-corrected chi connectivity index (χ0v) is 10.8. The Kier molecular flexibility index (Phi) is 2.97. The normalized spacial score (nSPS) is 12.2. The molecule has 3 aromatic rings. The van der Waals surface area contributed by atoms with Gasteiger partial charge in [0.2, 0.25) is 5.43 Å². The number of aromatic nitrogens is 1. The van der Waals surface area contributed by atoms with E-state index in [0.717, 1.165) is 0 Å². The van der Waals surface area contributed by atoms with Gasteiger partial charge in [0.05, 0.1) is 10.5 Å². The lowest BCUT2D eigenvalue weighted by molar-refractivity contribution is -0.0329. The predicted octanol–water partition coefficient (Wildman–Crippen LogP) is 4.06. The van der Waals surface area contributed by atoms with E-state index < -0.39 is 5.51 Å². The summed E-state index contributed by atoms with van der Waals surface area (Å²) < 4.78 is 38.8. The maximum absolute atomic E-state index is 12.5. The molecule has 0 amide bonds. The highest BCUT2D eigenvalue weighted by atomic mass is 32.2. The summed E-state index contributed by atoms with van der Waals surface area (Å²) in [6.07, 6.45) is 1.49. The van der Waals surface area contributed by atoms with Gasteiger partial charge in [0.1, 0.15) is 0 Å². The van der Waals surface area contributed by atoms with Crippen molar-refractivity contribution < 1.29 is 13.2 Å². The highest BCUT2D eigenvalue weighted by molar-refractivity contribution is 8.00. The fourth-order valence-electron chi connectivity index (χ4n) is 2.11. The van der Waals surface area contributed by atoms with E-state index in [1.54, 1.807) is 30.3 Å². The second-order valence-electron chi connectivity index (χ2n) is 4.21. The van der Waals surface area contributed by atoms with Gasteiger partial charge >= 0.3 is 5.51 Å². The van der Waals surface area contributed by atoms with Gasteiger partial charge in [-0.15, -0.1) is 0 Å². The number of thioether (sulfide) groups is 1. The third-order valence-electron chi connectivity index (χ3n) is 2.94. The molecule has 0 aliphatic carbocycles. The van der Waals surface area contributed by atoms with Crippen LogP contribution in [0.25, 0.3) is 16.3 Å². The Morgan fingerprint density at radius 3 is 2.50 bits per heavy atom. The predicted molar refractivity (Wildman–Crippen MR) is 73.1 cm³/mol. The molecule has 2 nitrogen and oxygen atoms in total. The fraction of sp³-hybridized carbons (Fsp3) is 0.0714. The van der Waals surface area contributed by atoms with Gasteiger partial charge in [-0.2, -0.15) is 13.2 Å². The molecule has 20 heavy (non-hydrogen) atoms. The lowest BCUT2D eigenvalue weighted by Gasteiger charge is -2.04. The van der Waals surface area contributed by atoms with Crippen LogP contribution < -0.4 is 5.43 Å². The van der Waals surface area contributed by atoms with Crippen LogP contribution >= 0.6 is 11.8 Å². The third kappa shape index (κ3) is 2.27. The average molecular weight is 295 g/mol. The Labute approximate surface area is 115 Å². The van der Waals surface area contributed by atoms with Gasteiger partial charge in [0, 0.05) is 23.3 Å². The van der Waals surface area contributed by atoms with E-state index in [2.05, 4.69) is 0 Å². The molecule has 3 rings (SSSR count). The number of alkyl halides is 3. The topological polar surface area (TPSA) is 21.5 Å². The molecule has 0 fully saturated rings. The summed E-state index contributed by atoms with van der Waals surface area (Å²) in [4.78, 5) is 12.4. The number of rotatable bonds is 1. The van der Waals surface area contributed by atoms with Crippen molar-refractivity contribution in [2.75, 3.05) is 0 Å². The van der Waals surface area contributed by atoms with Gasteiger partial charge in [-0.25, -0.2) is 0 Å². The lowest BCUT2D eigenvalue weighted by Crippen LogP contribution is -2.03. The highest BCUT2D eigenvalue weighted by Crippen LogP contribution is 2.37. The van der Waals surface area contributed by atoms with Crippen molar-refractivity contribution in [1.82, 2.24) is 4.40 Å². The number of fused-ring (bicyclic) bond motifs is 2. The number of hydrogen-bond donors (Lipinski definition) is 0. The van der Waals surface area contributed by atoms with Crippen molar-refractivity contribution in [3.8, 4) is 0 Å². The van der Waals surface area contributed by atoms with Crippen LogP contribution in [0.15, 0.2) is 58.5 Å². The maximum Gasteiger partial charge on any atom is 0.447 e. The molecule has 0 aliphatic rings. The molecule has 2 heterocycles. The van der Waals surface area contributed by atoms with Crippen LogP contribution in [0, 0.1) is 0 Å². The molecule has 0 aliphatic heterocycles. The monoisotopic (exact) mass is 295 g/mol. The summed E-state index contributed by atoms with van der Waals surface area (Å²) in [5.41, 5.74) is -4.43. The van der Waals surface area contributed by atoms with Crippen LogP contribution in [0.3, 0.4) is 0 Å². The molecule has 102 valence electrons. The van der Waals surface area contributed by atoms with Crippen molar-refractivity contribution in [3.63, 3.8) is 0 Å². The van der Waals surface area contributed by atoms with E-state index in [1.807, 2.05) is 0 Å². The molecule has 0 bridgehead atoms. The number of nitrogens with zero attached hydrogens (tertiary/aromatic N) is 1. The van der Waals surface area contributed by atoms with Crippen LogP contribution in [-0.4, -0.2) is 9.91 Å². The average Bonchev–Trinajstić information content (AvgIpc) is 2.70. The molecule has 0 radical (unpaired) electrons. The van der Waals surface area contributed by atoms with Crippen molar-refractivity contribution >= 4 is 28.1 Å². The number of hydrogen-bond acceptors (Lipinski definition) is 2.